The van der Waals surface area contributed by atoms with Crippen molar-refractivity contribution in [2.75, 3.05) is 34.5 Å². The molecule has 1 heterocycles. The highest BCUT2D eigenvalue weighted by Gasteiger charge is 2.32. The summed E-state index contributed by atoms with van der Waals surface area (Å²) in [5.41, 5.74) is 5.49. The summed E-state index contributed by atoms with van der Waals surface area (Å²) in [7, 11) is 4.40. The van der Waals surface area contributed by atoms with Gasteiger partial charge in [-0.3, -0.25) is 5.43 Å². The summed E-state index contributed by atoms with van der Waals surface area (Å²) >= 11 is 0. The number of hydrogen-bond acceptors (Lipinski definition) is 10. The maximum atomic E-state index is 12.4. The lowest BCUT2D eigenvalue weighted by molar-refractivity contribution is -0.136. The quantitative estimate of drug-likeness (QED) is 0.0887. The molecular formula is C29H36N4O8. The third-order valence-corrected chi connectivity index (χ3v) is 6.05. The summed E-state index contributed by atoms with van der Waals surface area (Å²) in [4.78, 5) is 24.5. The Balaban J connectivity index is 1.71. The van der Waals surface area contributed by atoms with Crippen molar-refractivity contribution < 1.29 is 38.4 Å². The zero-order valence-electron chi connectivity index (χ0n) is 23.8. The molecule has 0 aliphatic carbocycles. The zero-order chi connectivity index (χ0) is 29.9. The fourth-order valence-corrected chi connectivity index (χ4v) is 4.27. The minimum Gasteiger partial charge on any atom is -0.493 e. The first-order chi connectivity index (χ1) is 19.8. The van der Waals surface area contributed by atoms with E-state index in [0.29, 0.717) is 47.3 Å². The van der Waals surface area contributed by atoms with Gasteiger partial charge in [0.25, 0.3) is 0 Å². The van der Waals surface area contributed by atoms with Crippen LogP contribution >= 0.6 is 0 Å². The van der Waals surface area contributed by atoms with Crippen LogP contribution in [0.4, 0.5) is 4.79 Å². The number of carbonyl (C=O) groups is 2. The molecule has 2 amide bonds. The molecule has 4 N–H and O–H groups in total. The number of benzene rings is 2. The number of carbonyl (C=O) groups excluding carboxylic acids is 2. The fraction of sp³-hybridized carbons (Fsp3) is 0.345. The number of allylic oxidation sites excluding steroid dienone is 2. The van der Waals surface area contributed by atoms with Gasteiger partial charge in [0.15, 0.2) is 29.2 Å². The number of aliphatic hydroxyl groups is 1. The maximum absolute atomic E-state index is 12.4. The molecule has 0 fully saturated rings. The number of urea groups is 1. The molecule has 220 valence electrons. The molecule has 0 spiro atoms. The number of hydrogen-bond donors (Lipinski definition) is 4. The Morgan fingerprint density at radius 2 is 1.93 bits per heavy atom. The van der Waals surface area contributed by atoms with Crippen molar-refractivity contribution in [1.82, 2.24) is 16.1 Å². The Bertz CT molecular complexity index is 1320. The van der Waals surface area contributed by atoms with Crippen LogP contribution in [0.15, 0.2) is 59.4 Å². The van der Waals surface area contributed by atoms with Gasteiger partial charge in [0.2, 0.25) is 0 Å². The van der Waals surface area contributed by atoms with Crippen LogP contribution in [0.5, 0.6) is 23.0 Å². The number of nitrogens with one attached hydrogen (secondary N) is 3. The van der Waals surface area contributed by atoms with E-state index in [9.17, 15) is 14.7 Å². The van der Waals surface area contributed by atoms with Crippen LogP contribution in [-0.2, 0) is 16.0 Å². The topological polar surface area (TPSA) is 149 Å². The van der Waals surface area contributed by atoms with Crippen LogP contribution in [0.25, 0.3) is 0 Å². The Hall–Kier alpha value is -4.71. The molecular weight excluding hydrogens is 532 g/mol. The number of nitrogens with zero attached hydrogens (tertiary/aromatic N) is 1. The van der Waals surface area contributed by atoms with Gasteiger partial charge in [-0.1, -0.05) is 12.1 Å². The lowest BCUT2D eigenvalue weighted by Crippen LogP contribution is -2.45. The van der Waals surface area contributed by atoms with Crippen molar-refractivity contribution >= 4 is 18.2 Å². The predicted molar refractivity (Wildman–Crippen MR) is 152 cm³/mol. The molecule has 2 aromatic carbocycles. The molecule has 1 aliphatic rings. The van der Waals surface area contributed by atoms with E-state index in [-0.39, 0.29) is 12.2 Å². The lowest BCUT2D eigenvalue weighted by atomic mass is 9.95. The average Bonchev–Trinajstić information content (AvgIpc) is 2.95. The van der Waals surface area contributed by atoms with E-state index in [2.05, 4.69) is 27.7 Å². The van der Waals surface area contributed by atoms with Crippen LogP contribution in [-0.4, -0.2) is 64.1 Å². The normalized spacial score (nSPS) is 15.5. The third-order valence-electron chi connectivity index (χ3n) is 6.05. The number of hydrazone groups is 1. The van der Waals surface area contributed by atoms with Gasteiger partial charge in [-0.05, 0) is 55.7 Å². The number of methoxy groups -OCH3 is 3. The number of aliphatic hydroxyl groups excluding tert-OH is 1. The average molecular weight is 569 g/mol. The molecule has 41 heavy (non-hydrogen) atoms. The molecule has 0 radical (unpaired) electrons. The SMILES string of the molecule is C=CCc1cc(/C=N\N[C@@H](O)COc2ccc([C@@H]3NC(=O)NC(C)=C3C(=O)OC)cc2OCC)cc(OC)c1OC. The van der Waals surface area contributed by atoms with Gasteiger partial charge in [0, 0.05) is 11.3 Å². The van der Waals surface area contributed by atoms with Gasteiger partial charge in [-0.25, -0.2) is 9.59 Å². The first-order valence-electron chi connectivity index (χ1n) is 12.8. The third kappa shape index (κ3) is 7.70. The lowest BCUT2D eigenvalue weighted by Gasteiger charge is -2.28. The van der Waals surface area contributed by atoms with Gasteiger partial charge in [0.1, 0.15) is 6.61 Å². The second kappa shape index (κ2) is 14.6. The predicted octanol–water partition coefficient (Wildman–Crippen LogP) is 2.95. The molecule has 0 bridgehead atoms. The van der Waals surface area contributed by atoms with Crippen molar-refractivity contribution in [3.05, 3.63) is 70.9 Å². The van der Waals surface area contributed by atoms with Crippen molar-refractivity contribution in [2.24, 2.45) is 5.10 Å². The van der Waals surface area contributed by atoms with Crippen LogP contribution in [0.1, 0.15) is 36.6 Å². The summed E-state index contributed by atoms with van der Waals surface area (Å²) in [5, 5.41) is 19.8. The van der Waals surface area contributed by atoms with Gasteiger partial charge in [-0.15, -0.1) is 6.58 Å². The van der Waals surface area contributed by atoms with Gasteiger partial charge in [-0.2, -0.15) is 5.10 Å². The van der Waals surface area contributed by atoms with Gasteiger partial charge in [0.05, 0.1) is 45.8 Å². The zero-order valence-corrected chi connectivity index (χ0v) is 23.8. The van der Waals surface area contributed by atoms with E-state index < -0.39 is 24.3 Å². The van der Waals surface area contributed by atoms with E-state index in [4.69, 9.17) is 23.7 Å². The number of amides is 2. The first-order valence-corrected chi connectivity index (χ1v) is 12.8. The molecule has 2 aromatic rings. The molecule has 1 aliphatic heterocycles. The number of ether oxygens (including phenoxy) is 5. The van der Waals surface area contributed by atoms with E-state index in [1.54, 1.807) is 57.7 Å². The summed E-state index contributed by atoms with van der Waals surface area (Å²) < 4.78 is 27.3. The minimum absolute atomic E-state index is 0.152. The molecule has 12 heteroatoms. The van der Waals surface area contributed by atoms with Crippen LogP contribution < -0.4 is 35.0 Å². The highest BCUT2D eigenvalue weighted by Crippen LogP contribution is 2.35. The van der Waals surface area contributed by atoms with Crippen LogP contribution in [0, 0.1) is 0 Å². The van der Waals surface area contributed by atoms with Crippen molar-refractivity contribution in [3.8, 4) is 23.0 Å². The summed E-state index contributed by atoms with van der Waals surface area (Å²) in [6.45, 7) is 7.40. The van der Waals surface area contributed by atoms with Gasteiger partial charge >= 0.3 is 12.0 Å². The summed E-state index contributed by atoms with van der Waals surface area (Å²) in [6.07, 6.45) is 2.74. The first kappa shape index (κ1) is 30.8. The maximum Gasteiger partial charge on any atom is 0.337 e. The number of rotatable bonds is 14. The minimum atomic E-state index is -1.14. The molecule has 0 aromatic heterocycles. The smallest absolute Gasteiger partial charge is 0.337 e. The highest BCUT2D eigenvalue weighted by atomic mass is 16.5. The van der Waals surface area contributed by atoms with E-state index >= 15 is 0 Å². The number of esters is 1. The van der Waals surface area contributed by atoms with E-state index in [1.165, 1.54) is 7.11 Å². The van der Waals surface area contributed by atoms with Gasteiger partial charge < -0.3 is 39.4 Å². The second-order valence-electron chi connectivity index (χ2n) is 8.82. The van der Waals surface area contributed by atoms with Crippen LogP contribution in [0.2, 0.25) is 0 Å². The molecule has 0 saturated heterocycles. The van der Waals surface area contributed by atoms with Crippen LogP contribution in [0.3, 0.4) is 0 Å². The monoisotopic (exact) mass is 568 g/mol. The molecule has 12 nitrogen and oxygen atoms in total. The Labute approximate surface area is 239 Å². The highest BCUT2D eigenvalue weighted by molar-refractivity contribution is 5.95. The Kier molecular flexibility index (Phi) is 11.0. The second-order valence-corrected chi connectivity index (χ2v) is 8.82. The fourth-order valence-electron chi connectivity index (χ4n) is 4.27. The van der Waals surface area contributed by atoms with Crippen molar-refractivity contribution in [2.45, 2.75) is 32.5 Å². The largest absolute Gasteiger partial charge is 0.493 e. The van der Waals surface area contributed by atoms with Crippen molar-refractivity contribution in [3.63, 3.8) is 0 Å². The molecule has 0 saturated carbocycles. The van der Waals surface area contributed by atoms with E-state index in [0.717, 1.165) is 11.1 Å². The Morgan fingerprint density at radius 3 is 2.59 bits per heavy atom. The van der Waals surface area contributed by atoms with Crippen molar-refractivity contribution in [1.29, 1.82) is 0 Å². The summed E-state index contributed by atoms with van der Waals surface area (Å²) in [5.74, 6) is 1.33. The molecule has 3 rings (SSSR count). The standard InChI is InChI=1S/C29H36N4O8/c1-7-9-20-12-18(13-23(37-4)27(20)38-5)15-30-33-24(34)16-41-21-11-10-19(14-22(21)40-8-2)26-25(28(35)39-6)17(3)31-29(36)32-26/h7,10-15,24,26,33-34H,1,8-9,16H2,2-6H3,(H2,31,32,36)/b30-15-/t24-,26-/m0/s1. The molecule has 0 unspecified atom stereocenters. The summed E-state index contributed by atoms with van der Waals surface area (Å²) in [6, 6.07) is 7.46. The Morgan fingerprint density at radius 1 is 1.15 bits per heavy atom. The van der Waals surface area contributed by atoms with E-state index in [1.807, 2.05) is 13.0 Å². The molecule has 2 atom stereocenters.